The van der Waals surface area contributed by atoms with Gasteiger partial charge in [-0.1, -0.05) is 48.0 Å². The molecular weight excluding hydrogens is 268 g/mol. The van der Waals surface area contributed by atoms with Gasteiger partial charge in [-0.05, 0) is 43.5 Å². The van der Waals surface area contributed by atoms with Crippen molar-refractivity contribution in [1.29, 1.82) is 0 Å². The van der Waals surface area contributed by atoms with Crippen molar-refractivity contribution >= 4 is 16.6 Å². The van der Waals surface area contributed by atoms with Gasteiger partial charge in [0, 0.05) is 29.3 Å². The highest BCUT2D eigenvalue weighted by Crippen LogP contribution is 2.20. The number of hydrogen-bond acceptors (Lipinski definition) is 1. The molecule has 2 aromatic carbocycles. The average molecular weight is 290 g/mol. The van der Waals surface area contributed by atoms with Gasteiger partial charge in [-0.25, -0.2) is 0 Å². The van der Waals surface area contributed by atoms with Crippen LogP contribution in [0, 0.1) is 13.8 Å². The molecule has 0 atom stereocenters. The van der Waals surface area contributed by atoms with Crippen LogP contribution in [0.5, 0.6) is 0 Å². The molecule has 1 heterocycles. The van der Waals surface area contributed by atoms with Crippen LogP contribution in [0.2, 0.25) is 0 Å². The maximum absolute atomic E-state index is 4.13. The summed E-state index contributed by atoms with van der Waals surface area (Å²) in [6.45, 7) is 9.24. The van der Waals surface area contributed by atoms with E-state index in [0.29, 0.717) is 0 Å². The molecule has 1 aromatic heterocycles. The van der Waals surface area contributed by atoms with Crippen LogP contribution in [-0.4, -0.2) is 11.5 Å². The highest BCUT2D eigenvalue weighted by atomic mass is 14.9. The van der Waals surface area contributed by atoms with Crippen LogP contribution in [0.25, 0.3) is 16.6 Å². The molecule has 0 spiro atoms. The van der Waals surface area contributed by atoms with Gasteiger partial charge in [0.1, 0.15) is 0 Å². The summed E-state index contributed by atoms with van der Waals surface area (Å²) in [6, 6.07) is 15.0. The van der Waals surface area contributed by atoms with Gasteiger partial charge >= 0.3 is 0 Å². The van der Waals surface area contributed by atoms with Gasteiger partial charge in [0.05, 0.1) is 0 Å². The molecule has 2 nitrogen and oxygen atoms in total. The summed E-state index contributed by atoms with van der Waals surface area (Å²) in [4.78, 5) is 3.34. The molecular formula is C20H22N2. The number of aryl methyl sites for hydroxylation is 2. The summed E-state index contributed by atoms with van der Waals surface area (Å²) < 4.78 is 0. The zero-order valence-electron chi connectivity index (χ0n) is 13.2. The van der Waals surface area contributed by atoms with Crippen LogP contribution in [0.15, 0.2) is 55.2 Å². The lowest BCUT2D eigenvalue weighted by atomic mass is 10.1. The first kappa shape index (κ1) is 14.5. The summed E-state index contributed by atoms with van der Waals surface area (Å²) in [5.74, 6) is 0. The predicted octanol–water partition coefficient (Wildman–Crippen LogP) is 4.59. The number of aromatic amines is 1. The molecule has 0 aliphatic heterocycles. The molecule has 3 rings (SSSR count). The topological polar surface area (TPSA) is 27.8 Å². The second kappa shape index (κ2) is 6.10. The molecule has 2 N–H and O–H groups in total. The summed E-state index contributed by atoms with van der Waals surface area (Å²) in [7, 11) is 0. The minimum Gasteiger partial charge on any atom is -0.385 e. The molecule has 0 radical (unpaired) electrons. The third kappa shape index (κ3) is 3.06. The van der Waals surface area contributed by atoms with E-state index in [0.717, 1.165) is 24.2 Å². The van der Waals surface area contributed by atoms with Gasteiger partial charge in [0.2, 0.25) is 0 Å². The van der Waals surface area contributed by atoms with Crippen molar-refractivity contribution in [3.8, 4) is 0 Å². The Morgan fingerprint density at radius 1 is 1.05 bits per heavy atom. The number of hydrogen-bond donors (Lipinski definition) is 2. The lowest BCUT2D eigenvalue weighted by Crippen LogP contribution is -2.14. The molecule has 0 bridgehead atoms. The first-order valence-corrected chi connectivity index (χ1v) is 7.70. The second-order valence-electron chi connectivity index (χ2n) is 5.88. The zero-order valence-corrected chi connectivity index (χ0v) is 13.2. The molecule has 3 aromatic rings. The molecule has 0 saturated heterocycles. The monoisotopic (exact) mass is 290 g/mol. The van der Waals surface area contributed by atoms with Crippen molar-refractivity contribution in [2.75, 3.05) is 6.54 Å². The molecule has 2 heteroatoms. The normalized spacial score (nSPS) is 10.8. The average Bonchev–Trinajstić information content (AvgIpc) is 2.90. The maximum atomic E-state index is 4.13. The number of rotatable bonds is 5. The van der Waals surface area contributed by atoms with E-state index in [9.17, 15) is 0 Å². The van der Waals surface area contributed by atoms with E-state index >= 15 is 0 Å². The Bertz CT molecular complexity index is 794. The first-order chi connectivity index (χ1) is 10.6. The SMILES string of the molecule is C=C(NCCc1c[nH]c2ccc(C)cc12)c1ccc(C)cc1. The lowest BCUT2D eigenvalue weighted by molar-refractivity contribution is 0.853. The fraction of sp³-hybridized carbons (Fsp3) is 0.200. The Kier molecular flexibility index (Phi) is 4.01. The molecule has 0 saturated carbocycles. The molecule has 0 fully saturated rings. The number of benzene rings is 2. The second-order valence-corrected chi connectivity index (χ2v) is 5.88. The first-order valence-electron chi connectivity index (χ1n) is 7.70. The van der Waals surface area contributed by atoms with Crippen LogP contribution in [0.4, 0.5) is 0 Å². The highest BCUT2D eigenvalue weighted by Gasteiger charge is 2.04. The number of H-pyrrole nitrogens is 1. The molecule has 112 valence electrons. The summed E-state index contributed by atoms with van der Waals surface area (Å²) in [5, 5.41) is 4.75. The summed E-state index contributed by atoms with van der Waals surface area (Å²) >= 11 is 0. The summed E-state index contributed by atoms with van der Waals surface area (Å²) in [5.41, 5.74) is 7.26. The predicted molar refractivity (Wildman–Crippen MR) is 95.0 cm³/mol. The van der Waals surface area contributed by atoms with Crippen molar-refractivity contribution < 1.29 is 0 Å². The van der Waals surface area contributed by atoms with E-state index in [1.165, 1.54) is 27.6 Å². The third-order valence-electron chi connectivity index (χ3n) is 4.06. The summed E-state index contributed by atoms with van der Waals surface area (Å²) in [6.07, 6.45) is 3.09. The Morgan fingerprint density at radius 3 is 2.55 bits per heavy atom. The van der Waals surface area contributed by atoms with Gasteiger partial charge in [0.25, 0.3) is 0 Å². The molecule has 0 amide bonds. The number of aromatic nitrogens is 1. The van der Waals surface area contributed by atoms with Crippen molar-refractivity contribution in [3.05, 3.63) is 77.5 Å². The Hall–Kier alpha value is -2.48. The Labute approximate surface area is 131 Å². The lowest BCUT2D eigenvalue weighted by Gasteiger charge is -2.10. The van der Waals surface area contributed by atoms with Crippen molar-refractivity contribution in [2.45, 2.75) is 20.3 Å². The Morgan fingerprint density at radius 2 is 1.77 bits per heavy atom. The fourth-order valence-corrected chi connectivity index (χ4v) is 2.70. The standard InChI is InChI=1S/C20H22N2/c1-14-4-7-17(8-5-14)16(3)21-11-10-18-13-22-20-9-6-15(2)12-19(18)20/h4-9,12-13,21-22H,3,10-11H2,1-2H3. The smallest absolute Gasteiger partial charge is 0.0456 e. The van der Waals surface area contributed by atoms with E-state index in [1.807, 2.05) is 0 Å². The number of nitrogens with one attached hydrogen (secondary N) is 2. The van der Waals surface area contributed by atoms with Crippen molar-refractivity contribution in [3.63, 3.8) is 0 Å². The molecule has 0 aliphatic rings. The maximum Gasteiger partial charge on any atom is 0.0456 e. The van der Waals surface area contributed by atoms with E-state index in [2.05, 4.69) is 79.4 Å². The van der Waals surface area contributed by atoms with Gasteiger partial charge in [-0.2, -0.15) is 0 Å². The van der Waals surface area contributed by atoms with Gasteiger partial charge in [-0.3, -0.25) is 0 Å². The van der Waals surface area contributed by atoms with Crippen LogP contribution in [0.3, 0.4) is 0 Å². The van der Waals surface area contributed by atoms with Gasteiger partial charge in [-0.15, -0.1) is 0 Å². The van der Waals surface area contributed by atoms with E-state index in [1.54, 1.807) is 0 Å². The largest absolute Gasteiger partial charge is 0.385 e. The fourth-order valence-electron chi connectivity index (χ4n) is 2.70. The molecule has 22 heavy (non-hydrogen) atoms. The zero-order chi connectivity index (χ0) is 15.5. The van der Waals surface area contributed by atoms with Crippen LogP contribution in [0.1, 0.15) is 22.3 Å². The quantitative estimate of drug-likeness (QED) is 0.707. The molecule has 0 unspecified atom stereocenters. The van der Waals surface area contributed by atoms with E-state index < -0.39 is 0 Å². The van der Waals surface area contributed by atoms with E-state index in [4.69, 9.17) is 0 Å². The van der Waals surface area contributed by atoms with Crippen molar-refractivity contribution in [1.82, 2.24) is 10.3 Å². The number of fused-ring (bicyclic) bond motifs is 1. The van der Waals surface area contributed by atoms with Crippen LogP contribution in [-0.2, 0) is 6.42 Å². The minimum atomic E-state index is 0.883. The third-order valence-corrected chi connectivity index (χ3v) is 4.06. The van der Waals surface area contributed by atoms with Gasteiger partial charge < -0.3 is 10.3 Å². The van der Waals surface area contributed by atoms with E-state index in [-0.39, 0.29) is 0 Å². The van der Waals surface area contributed by atoms with Crippen molar-refractivity contribution in [2.24, 2.45) is 0 Å². The highest BCUT2D eigenvalue weighted by molar-refractivity contribution is 5.83. The van der Waals surface area contributed by atoms with Crippen LogP contribution >= 0.6 is 0 Å². The minimum absolute atomic E-state index is 0.883. The van der Waals surface area contributed by atoms with Gasteiger partial charge in [0.15, 0.2) is 0 Å². The van der Waals surface area contributed by atoms with Crippen LogP contribution < -0.4 is 5.32 Å². The Balaban J connectivity index is 1.63. The molecule has 0 aliphatic carbocycles.